The molecular weight excluding hydrogens is 206 g/mol. The van der Waals surface area contributed by atoms with Crippen molar-refractivity contribution in [3.05, 3.63) is 35.9 Å². The Morgan fingerprint density at radius 2 is 1.81 bits per heavy atom. The second-order valence-electron chi connectivity index (χ2n) is 3.34. The van der Waals surface area contributed by atoms with Gasteiger partial charge in [-0.1, -0.05) is 12.1 Å². The van der Waals surface area contributed by atoms with Crippen molar-refractivity contribution in [1.82, 2.24) is 0 Å². The summed E-state index contributed by atoms with van der Waals surface area (Å²) in [6, 6.07) is 7.05. The van der Waals surface area contributed by atoms with E-state index in [4.69, 9.17) is 5.11 Å². The third-order valence-electron chi connectivity index (χ3n) is 2.17. The number of aliphatic carboxylic acids is 1. The van der Waals surface area contributed by atoms with Crippen molar-refractivity contribution < 1.29 is 14.7 Å². The molecule has 0 saturated heterocycles. The Bertz CT molecular complexity index is 420. The maximum absolute atomic E-state index is 11.1. The maximum Gasteiger partial charge on any atom is 0.328 e. The molecule has 84 valence electrons. The normalized spacial score (nSPS) is 10.4. The van der Waals surface area contributed by atoms with E-state index in [0.717, 1.165) is 17.3 Å². The maximum atomic E-state index is 11.1. The zero-order valence-electron chi connectivity index (χ0n) is 9.18. The minimum Gasteiger partial charge on any atom is -0.478 e. The molecule has 0 fully saturated rings. The number of carboxylic acids is 1. The van der Waals surface area contributed by atoms with Crippen molar-refractivity contribution in [2.45, 2.75) is 6.92 Å². The highest BCUT2D eigenvalue weighted by Crippen LogP contribution is 2.14. The molecule has 0 aliphatic carbocycles. The van der Waals surface area contributed by atoms with E-state index in [2.05, 4.69) is 0 Å². The number of carboxylic acid groups (broad SMARTS) is 1. The van der Waals surface area contributed by atoms with Gasteiger partial charge in [0.05, 0.1) is 0 Å². The summed E-state index contributed by atoms with van der Waals surface area (Å²) in [5, 5.41) is 8.45. The molecule has 0 aliphatic rings. The number of anilines is 1. The predicted octanol–water partition coefficient (Wildman–Crippen LogP) is 1.77. The molecule has 0 bridgehead atoms. The Morgan fingerprint density at radius 1 is 1.25 bits per heavy atom. The van der Waals surface area contributed by atoms with Crippen molar-refractivity contribution in [2.24, 2.45) is 0 Å². The van der Waals surface area contributed by atoms with Crippen molar-refractivity contribution >= 4 is 23.6 Å². The molecule has 0 aliphatic heterocycles. The Kier molecular flexibility index (Phi) is 3.83. The third-order valence-corrected chi connectivity index (χ3v) is 2.17. The van der Waals surface area contributed by atoms with Gasteiger partial charge in [-0.05, 0) is 23.8 Å². The van der Waals surface area contributed by atoms with Crippen LogP contribution in [-0.4, -0.2) is 24.0 Å². The molecule has 0 unspecified atom stereocenters. The molecule has 0 atom stereocenters. The molecule has 4 heteroatoms. The average Bonchev–Trinajstić information content (AvgIpc) is 2.26. The summed E-state index contributed by atoms with van der Waals surface area (Å²) in [6.45, 7) is 1.48. The summed E-state index contributed by atoms with van der Waals surface area (Å²) in [4.78, 5) is 22.9. The van der Waals surface area contributed by atoms with E-state index >= 15 is 0 Å². The van der Waals surface area contributed by atoms with Gasteiger partial charge in [0, 0.05) is 25.7 Å². The number of benzene rings is 1. The lowest BCUT2D eigenvalue weighted by Crippen LogP contribution is -2.22. The van der Waals surface area contributed by atoms with Crippen LogP contribution in [0.15, 0.2) is 30.3 Å². The van der Waals surface area contributed by atoms with E-state index in [-0.39, 0.29) is 5.91 Å². The van der Waals surface area contributed by atoms with Crippen LogP contribution in [0.3, 0.4) is 0 Å². The van der Waals surface area contributed by atoms with Gasteiger partial charge in [0.1, 0.15) is 0 Å². The smallest absolute Gasteiger partial charge is 0.328 e. The van der Waals surface area contributed by atoms with Gasteiger partial charge in [-0.15, -0.1) is 0 Å². The molecule has 0 aromatic heterocycles. The molecule has 0 heterocycles. The fourth-order valence-electron chi connectivity index (χ4n) is 1.16. The van der Waals surface area contributed by atoms with E-state index in [1.165, 1.54) is 17.9 Å². The Morgan fingerprint density at radius 3 is 2.25 bits per heavy atom. The number of hydrogen-bond donors (Lipinski definition) is 1. The van der Waals surface area contributed by atoms with Crippen molar-refractivity contribution in [3.63, 3.8) is 0 Å². The predicted molar refractivity (Wildman–Crippen MR) is 62.2 cm³/mol. The highest BCUT2D eigenvalue weighted by atomic mass is 16.4. The van der Waals surface area contributed by atoms with Crippen LogP contribution in [0.25, 0.3) is 6.08 Å². The summed E-state index contributed by atoms with van der Waals surface area (Å²) in [5.41, 5.74) is 1.56. The minimum atomic E-state index is -0.982. The quantitative estimate of drug-likeness (QED) is 0.788. The molecular formula is C12H13NO3. The van der Waals surface area contributed by atoms with E-state index in [1.807, 2.05) is 0 Å². The summed E-state index contributed by atoms with van der Waals surface area (Å²) < 4.78 is 0. The molecule has 0 radical (unpaired) electrons. The van der Waals surface area contributed by atoms with E-state index in [1.54, 1.807) is 31.3 Å². The number of hydrogen-bond acceptors (Lipinski definition) is 2. The molecule has 1 rings (SSSR count). The minimum absolute atomic E-state index is 0.0474. The number of nitrogens with zero attached hydrogens (tertiary/aromatic N) is 1. The highest BCUT2D eigenvalue weighted by Gasteiger charge is 2.03. The van der Waals surface area contributed by atoms with Gasteiger partial charge in [0.15, 0.2) is 0 Å². The molecule has 1 aromatic rings. The summed E-state index contributed by atoms with van der Waals surface area (Å²) >= 11 is 0. The number of rotatable bonds is 3. The summed E-state index contributed by atoms with van der Waals surface area (Å²) in [5.74, 6) is -1.03. The van der Waals surface area contributed by atoms with Crippen LogP contribution >= 0.6 is 0 Å². The lowest BCUT2D eigenvalue weighted by Gasteiger charge is -2.14. The first kappa shape index (κ1) is 12.0. The zero-order chi connectivity index (χ0) is 12.1. The summed E-state index contributed by atoms with van der Waals surface area (Å²) in [6.07, 6.45) is 2.57. The van der Waals surface area contributed by atoms with Gasteiger partial charge >= 0.3 is 5.97 Å². The molecule has 4 nitrogen and oxygen atoms in total. The molecule has 0 spiro atoms. The fourth-order valence-corrected chi connectivity index (χ4v) is 1.16. The van der Waals surface area contributed by atoms with E-state index < -0.39 is 5.97 Å². The Hall–Kier alpha value is -2.10. The first-order chi connectivity index (χ1) is 7.50. The van der Waals surface area contributed by atoms with Crippen LogP contribution in [0.4, 0.5) is 5.69 Å². The number of carbonyl (C=O) groups excluding carboxylic acids is 1. The topological polar surface area (TPSA) is 57.6 Å². The standard InChI is InChI=1S/C12H13NO3/c1-9(14)13(2)11-6-3-10(4-7-11)5-8-12(15)16/h3-8H,1-2H3,(H,15,16). The lowest BCUT2D eigenvalue weighted by molar-refractivity contribution is -0.131. The van der Waals surface area contributed by atoms with E-state index in [0.29, 0.717) is 0 Å². The largest absolute Gasteiger partial charge is 0.478 e. The molecule has 16 heavy (non-hydrogen) atoms. The third kappa shape index (κ3) is 3.24. The van der Waals surface area contributed by atoms with Gasteiger partial charge in [0.2, 0.25) is 5.91 Å². The van der Waals surface area contributed by atoms with Crippen molar-refractivity contribution in [1.29, 1.82) is 0 Å². The number of amides is 1. The molecule has 1 amide bonds. The second kappa shape index (κ2) is 5.11. The zero-order valence-corrected chi connectivity index (χ0v) is 9.18. The van der Waals surface area contributed by atoms with Crippen molar-refractivity contribution in [2.75, 3.05) is 11.9 Å². The van der Waals surface area contributed by atoms with Gasteiger partial charge in [-0.2, -0.15) is 0 Å². The SMILES string of the molecule is CC(=O)N(C)c1ccc(C=CC(=O)O)cc1. The van der Waals surface area contributed by atoms with Crippen LogP contribution in [0, 0.1) is 0 Å². The van der Waals surface area contributed by atoms with Gasteiger partial charge < -0.3 is 10.0 Å². The Balaban J connectivity index is 2.83. The van der Waals surface area contributed by atoms with Crippen LogP contribution in [-0.2, 0) is 9.59 Å². The van der Waals surface area contributed by atoms with E-state index in [9.17, 15) is 9.59 Å². The average molecular weight is 219 g/mol. The lowest BCUT2D eigenvalue weighted by atomic mass is 10.2. The first-order valence-electron chi connectivity index (χ1n) is 4.76. The molecule has 0 saturated carbocycles. The molecule has 1 N–H and O–H groups in total. The number of carbonyl (C=O) groups is 2. The Labute approximate surface area is 93.8 Å². The second-order valence-corrected chi connectivity index (χ2v) is 3.34. The summed E-state index contributed by atoms with van der Waals surface area (Å²) in [7, 11) is 1.68. The van der Waals surface area contributed by atoms with Crippen LogP contribution < -0.4 is 4.90 Å². The van der Waals surface area contributed by atoms with Gasteiger partial charge in [0.25, 0.3) is 0 Å². The van der Waals surface area contributed by atoms with Gasteiger partial charge in [-0.25, -0.2) is 4.79 Å². The van der Waals surface area contributed by atoms with Gasteiger partial charge in [-0.3, -0.25) is 4.79 Å². The fraction of sp³-hybridized carbons (Fsp3) is 0.167. The van der Waals surface area contributed by atoms with Crippen LogP contribution in [0.5, 0.6) is 0 Å². The van der Waals surface area contributed by atoms with Crippen LogP contribution in [0.1, 0.15) is 12.5 Å². The first-order valence-corrected chi connectivity index (χ1v) is 4.76. The highest BCUT2D eigenvalue weighted by molar-refractivity contribution is 5.91. The van der Waals surface area contributed by atoms with Crippen LogP contribution in [0.2, 0.25) is 0 Å². The van der Waals surface area contributed by atoms with Crippen molar-refractivity contribution in [3.8, 4) is 0 Å². The monoisotopic (exact) mass is 219 g/mol. The molecule has 1 aromatic carbocycles.